The van der Waals surface area contributed by atoms with E-state index in [1.54, 1.807) is 6.08 Å². The fourth-order valence-electron chi connectivity index (χ4n) is 2.51. The summed E-state index contributed by atoms with van der Waals surface area (Å²) >= 11 is 0. The lowest BCUT2D eigenvalue weighted by Crippen LogP contribution is -2.54. The van der Waals surface area contributed by atoms with Gasteiger partial charge in [0.15, 0.2) is 5.60 Å². The van der Waals surface area contributed by atoms with Gasteiger partial charge in [-0.05, 0) is 12.5 Å². The van der Waals surface area contributed by atoms with Crippen molar-refractivity contribution >= 4 is 12.0 Å². The van der Waals surface area contributed by atoms with Crippen molar-refractivity contribution in [3.05, 3.63) is 41.5 Å². The molecular formula is C17H20F3NO2. The Kier molecular flexibility index (Phi) is 5.14. The van der Waals surface area contributed by atoms with E-state index in [0.29, 0.717) is 0 Å². The number of halogens is 3. The molecule has 0 spiro atoms. The molecule has 0 saturated carbocycles. The Morgan fingerprint density at radius 2 is 1.83 bits per heavy atom. The molecule has 0 aliphatic carbocycles. The van der Waals surface area contributed by atoms with Crippen molar-refractivity contribution in [2.45, 2.75) is 38.0 Å². The molecule has 1 saturated heterocycles. The highest BCUT2D eigenvalue weighted by atomic mass is 19.4. The van der Waals surface area contributed by atoms with Gasteiger partial charge in [-0.2, -0.15) is 13.2 Å². The van der Waals surface area contributed by atoms with E-state index in [9.17, 15) is 23.1 Å². The Balaban J connectivity index is 1.85. The third-order valence-corrected chi connectivity index (χ3v) is 4.15. The Morgan fingerprint density at radius 3 is 2.35 bits per heavy atom. The second-order valence-electron chi connectivity index (χ2n) is 5.93. The standard InChI is InChI=1S/C17H20F3NO2/c1-13-5-7-14(8-6-13)3-2-4-15(22)21-11-9-16(23,10-12-21)17(18,19)20/h2-3,5-8,23H,4,9-12H2,1H3/b3-2+. The van der Waals surface area contributed by atoms with E-state index >= 15 is 0 Å². The second kappa shape index (κ2) is 6.74. The van der Waals surface area contributed by atoms with Gasteiger partial charge in [0.05, 0.1) is 0 Å². The van der Waals surface area contributed by atoms with Crippen LogP contribution in [0.5, 0.6) is 0 Å². The predicted octanol–water partition coefficient (Wildman–Crippen LogP) is 3.31. The molecule has 0 atom stereocenters. The van der Waals surface area contributed by atoms with Crippen molar-refractivity contribution in [3.8, 4) is 0 Å². The van der Waals surface area contributed by atoms with Crippen LogP contribution in [0, 0.1) is 6.92 Å². The zero-order valence-corrected chi connectivity index (χ0v) is 12.9. The molecule has 1 aliphatic heterocycles. The summed E-state index contributed by atoms with van der Waals surface area (Å²) in [5.41, 5.74) is -0.557. The smallest absolute Gasteiger partial charge is 0.380 e. The van der Waals surface area contributed by atoms with Crippen LogP contribution in [0.15, 0.2) is 30.3 Å². The summed E-state index contributed by atoms with van der Waals surface area (Å²) in [5, 5.41) is 9.58. The summed E-state index contributed by atoms with van der Waals surface area (Å²) in [6.07, 6.45) is -1.93. The Labute approximate surface area is 133 Å². The number of amides is 1. The molecule has 3 nitrogen and oxygen atoms in total. The third kappa shape index (κ3) is 4.34. The van der Waals surface area contributed by atoms with Crippen molar-refractivity contribution in [2.24, 2.45) is 0 Å². The van der Waals surface area contributed by atoms with Crippen molar-refractivity contribution in [2.75, 3.05) is 13.1 Å². The molecule has 1 aromatic rings. The minimum Gasteiger partial charge on any atom is -0.380 e. The summed E-state index contributed by atoms with van der Waals surface area (Å²) < 4.78 is 38.1. The molecule has 6 heteroatoms. The number of benzene rings is 1. The number of aliphatic hydroxyl groups is 1. The molecular weight excluding hydrogens is 307 g/mol. The zero-order valence-electron chi connectivity index (χ0n) is 12.9. The summed E-state index contributed by atoms with van der Waals surface area (Å²) in [4.78, 5) is 13.4. The van der Waals surface area contributed by atoms with Crippen LogP contribution < -0.4 is 0 Å². The average molecular weight is 327 g/mol. The molecule has 0 unspecified atom stereocenters. The topological polar surface area (TPSA) is 40.5 Å². The fraction of sp³-hybridized carbons (Fsp3) is 0.471. The normalized spacial score (nSPS) is 18.4. The van der Waals surface area contributed by atoms with Crippen LogP contribution in [-0.2, 0) is 4.79 Å². The van der Waals surface area contributed by atoms with Gasteiger partial charge in [0.25, 0.3) is 0 Å². The van der Waals surface area contributed by atoms with Crippen LogP contribution in [0.2, 0.25) is 0 Å². The first kappa shape index (κ1) is 17.5. The molecule has 23 heavy (non-hydrogen) atoms. The van der Waals surface area contributed by atoms with E-state index in [1.165, 1.54) is 4.90 Å². The summed E-state index contributed by atoms with van der Waals surface area (Å²) in [7, 11) is 0. The first-order valence-electron chi connectivity index (χ1n) is 7.51. The van der Waals surface area contributed by atoms with Gasteiger partial charge in [0.2, 0.25) is 5.91 Å². The summed E-state index contributed by atoms with van der Waals surface area (Å²) in [6.45, 7) is 1.83. The first-order valence-corrected chi connectivity index (χ1v) is 7.51. The van der Waals surface area contributed by atoms with Crippen molar-refractivity contribution < 1.29 is 23.1 Å². The highest BCUT2D eigenvalue weighted by molar-refractivity contribution is 5.78. The van der Waals surface area contributed by atoms with Crippen LogP contribution in [0.25, 0.3) is 6.08 Å². The average Bonchev–Trinajstić information content (AvgIpc) is 2.49. The number of carbonyl (C=O) groups excluding carboxylic acids is 1. The van der Waals surface area contributed by atoms with Crippen molar-refractivity contribution in [3.63, 3.8) is 0 Å². The van der Waals surface area contributed by atoms with Gasteiger partial charge in [-0.1, -0.05) is 42.0 Å². The number of hydrogen-bond acceptors (Lipinski definition) is 2. The fourth-order valence-corrected chi connectivity index (χ4v) is 2.51. The van der Waals surface area contributed by atoms with Gasteiger partial charge in [0.1, 0.15) is 0 Å². The van der Waals surface area contributed by atoms with Crippen molar-refractivity contribution in [1.29, 1.82) is 0 Å². The minimum atomic E-state index is -4.65. The molecule has 0 aromatic heterocycles. The molecule has 1 amide bonds. The maximum absolute atomic E-state index is 12.7. The van der Waals surface area contributed by atoms with Crippen LogP contribution in [-0.4, -0.2) is 40.8 Å². The Morgan fingerprint density at radius 1 is 1.26 bits per heavy atom. The lowest BCUT2D eigenvalue weighted by molar-refractivity contribution is -0.272. The number of hydrogen-bond donors (Lipinski definition) is 1. The molecule has 2 rings (SSSR count). The van der Waals surface area contributed by atoms with Gasteiger partial charge in [-0.15, -0.1) is 0 Å². The van der Waals surface area contributed by atoms with Crippen LogP contribution in [0.1, 0.15) is 30.4 Å². The monoisotopic (exact) mass is 327 g/mol. The lowest BCUT2D eigenvalue weighted by Gasteiger charge is -2.39. The zero-order chi connectivity index (χ0) is 17.1. The highest BCUT2D eigenvalue weighted by Gasteiger charge is 2.54. The van der Waals surface area contributed by atoms with Gasteiger partial charge in [-0.3, -0.25) is 4.79 Å². The molecule has 0 bridgehead atoms. The number of piperidine rings is 1. The molecule has 126 valence electrons. The third-order valence-electron chi connectivity index (χ3n) is 4.15. The maximum Gasteiger partial charge on any atom is 0.417 e. The first-order chi connectivity index (χ1) is 10.7. The predicted molar refractivity (Wildman–Crippen MR) is 81.6 cm³/mol. The van der Waals surface area contributed by atoms with Gasteiger partial charge < -0.3 is 10.0 Å². The van der Waals surface area contributed by atoms with Crippen LogP contribution in [0.3, 0.4) is 0 Å². The molecule has 0 radical (unpaired) electrons. The quantitative estimate of drug-likeness (QED) is 0.925. The lowest BCUT2D eigenvalue weighted by atomic mass is 9.90. The number of likely N-dealkylation sites (tertiary alicyclic amines) is 1. The molecule has 1 aliphatic rings. The van der Waals surface area contributed by atoms with Crippen LogP contribution >= 0.6 is 0 Å². The SMILES string of the molecule is Cc1ccc(/C=C/CC(=O)N2CCC(O)(C(F)(F)F)CC2)cc1. The molecule has 1 heterocycles. The summed E-state index contributed by atoms with van der Waals surface area (Å²) in [5.74, 6) is -0.224. The van der Waals surface area contributed by atoms with E-state index in [0.717, 1.165) is 11.1 Å². The number of alkyl halides is 3. The van der Waals surface area contributed by atoms with Crippen molar-refractivity contribution in [1.82, 2.24) is 4.90 Å². The summed E-state index contributed by atoms with van der Waals surface area (Å²) in [6, 6.07) is 7.79. The maximum atomic E-state index is 12.7. The number of aryl methyl sites for hydroxylation is 1. The largest absolute Gasteiger partial charge is 0.417 e. The second-order valence-corrected chi connectivity index (χ2v) is 5.93. The number of carbonyl (C=O) groups is 1. The molecule has 1 fully saturated rings. The van der Waals surface area contributed by atoms with Crippen LogP contribution in [0.4, 0.5) is 13.2 Å². The molecule has 1 N–H and O–H groups in total. The van der Waals surface area contributed by atoms with E-state index in [4.69, 9.17) is 0 Å². The molecule has 1 aromatic carbocycles. The highest BCUT2D eigenvalue weighted by Crippen LogP contribution is 2.38. The Hall–Kier alpha value is -1.82. The van der Waals surface area contributed by atoms with Gasteiger partial charge >= 0.3 is 6.18 Å². The van der Waals surface area contributed by atoms with E-state index in [-0.39, 0.29) is 25.4 Å². The van der Waals surface area contributed by atoms with E-state index < -0.39 is 24.6 Å². The van der Waals surface area contributed by atoms with E-state index in [2.05, 4.69) is 0 Å². The number of rotatable bonds is 3. The van der Waals surface area contributed by atoms with Gasteiger partial charge in [0, 0.05) is 32.4 Å². The minimum absolute atomic E-state index is 0.0762. The van der Waals surface area contributed by atoms with E-state index in [1.807, 2.05) is 37.3 Å². The Bertz CT molecular complexity index is 570. The number of nitrogens with zero attached hydrogens (tertiary/aromatic N) is 1. The van der Waals surface area contributed by atoms with Gasteiger partial charge in [-0.25, -0.2) is 0 Å².